The number of hydrogen-bond acceptors (Lipinski definition) is 7. The number of thiazole rings is 1. The van der Waals surface area contributed by atoms with Crippen LogP contribution < -0.4 is 20.1 Å². The van der Waals surface area contributed by atoms with E-state index in [0.717, 1.165) is 40.7 Å². The molecule has 2 atom stereocenters. The van der Waals surface area contributed by atoms with E-state index in [0.29, 0.717) is 24.3 Å². The first kappa shape index (κ1) is 24.4. The number of piperidine rings is 1. The maximum Gasteiger partial charge on any atom is 0.244 e. The molecule has 1 aliphatic heterocycles. The summed E-state index contributed by atoms with van der Waals surface area (Å²) in [6, 6.07) is 5.63. The monoisotopic (exact) mass is 492 g/mol. The van der Waals surface area contributed by atoms with Gasteiger partial charge in [-0.1, -0.05) is 30.6 Å². The standard InChI is InChI=1S/C24H36N4O3S2/c1-16(18-8-5-4-6-9-18)26-24-27-17(2)23(32-24)19-11-12-21(31-3)22(14-19)33(29,30)28-20-10-7-13-25-15-20/h11-12,14,16,18,20,25,28H,4-10,13,15H2,1-3H3,(H,26,27). The average Bonchev–Trinajstić information content (AvgIpc) is 3.19. The highest BCUT2D eigenvalue weighted by Gasteiger charge is 2.26. The number of hydrogen-bond donors (Lipinski definition) is 3. The van der Waals surface area contributed by atoms with Gasteiger partial charge in [0, 0.05) is 18.6 Å². The van der Waals surface area contributed by atoms with Crippen molar-refractivity contribution < 1.29 is 13.2 Å². The molecule has 182 valence electrons. The smallest absolute Gasteiger partial charge is 0.244 e. The second-order valence-corrected chi connectivity index (χ2v) is 12.0. The van der Waals surface area contributed by atoms with Gasteiger partial charge in [-0.3, -0.25) is 0 Å². The number of anilines is 1. The highest BCUT2D eigenvalue weighted by molar-refractivity contribution is 7.89. The van der Waals surface area contributed by atoms with Crippen LogP contribution in [0.5, 0.6) is 5.75 Å². The molecular formula is C24H36N4O3S2. The van der Waals surface area contributed by atoms with Crippen LogP contribution in [-0.2, 0) is 10.0 Å². The molecule has 4 rings (SSSR count). The molecule has 2 aliphatic rings. The Bertz CT molecular complexity index is 1040. The number of aryl methyl sites for hydroxylation is 1. The van der Waals surface area contributed by atoms with E-state index in [1.54, 1.807) is 23.5 Å². The number of ether oxygens (including phenoxy) is 1. The van der Waals surface area contributed by atoms with E-state index >= 15 is 0 Å². The Morgan fingerprint density at radius 1 is 1.18 bits per heavy atom. The van der Waals surface area contributed by atoms with E-state index in [-0.39, 0.29) is 10.9 Å². The van der Waals surface area contributed by atoms with Gasteiger partial charge in [0.2, 0.25) is 10.0 Å². The van der Waals surface area contributed by atoms with Crippen LogP contribution in [0.1, 0.15) is 57.6 Å². The molecule has 2 aromatic rings. The first-order valence-corrected chi connectivity index (χ1v) is 14.3. The number of benzene rings is 1. The van der Waals surface area contributed by atoms with E-state index in [1.165, 1.54) is 39.2 Å². The molecule has 2 unspecified atom stereocenters. The lowest BCUT2D eigenvalue weighted by Gasteiger charge is -2.28. The number of nitrogens with zero attached hydrogens (tertiary/aromatic N) is 1. The first-order valence-electron chi connectivity index (χ1n) is 12.0. The van der Waals surface area contributed by atoms with Gasteiger partial charge in [-0.05, 0) is 75.8 Å². The molecule has 0 radical (unpaired) electrons. The minimum atomic E-state index is -3.72. The molecular weight excluding hydrogens is 456 g/mol. The van der Waals surface area contributed by atoms with Crippen molar-refractivity contribution in [3.63, 3.8) is 0 Å². The zero-order chi connectivity index (χ0) is 23.4. The summed E-state index contributed by atoms with van der Waals surface area (Å²) in [5.41, 5.74) is 1.74. The van der Waals surface area contributed by atoms with E-state index in [9.17, 15) is 8.42 Å². The van der Waals surface area contributed by atoms with Crippen molar-refractivity contribution in [3.05, 3.63) is 23.9 Å². The van der Waals surface area contributed by atoms with Crippen molar-refractivity contribution in [1.29, 1.82) is 0 Å². The summed E-state index contributed by atoms with van der Waals surface area (Å²) in [4.78, 5) is 5.90. The van der Waals surface area contributed by atoms with Crippen LogP contribution in [-0.4, -0.2) is 45.7 Å². The normalized spacial score (nSPS) is 21.0. The highest BCUT2D eigenvalue weighted by atomic mass is 32.2. The SMILES string of the molecule is COc1ccc(-c2sc(NC(C)C3CCCCC3)nc2C)cc1S(=O)(=O)NC1CCCNC1. The topological polar surface area (TPSA) is 92.3 Å². The summed E-state index contributed by atoms with van der Waals surface area (Å²) in [5, 5.41) is 7.76. The molecule has 1 aromatic carbocycles. The van der Waals surface area contributed by atoms with Crippen molar-refractivity contribution in [1.82, 2.24) is 15.0 Å². The zero-order valence-corrected chi connectivity index (χ0v) is 21.4. The van der Waals surface area contributed by atoms with Crippen LogP contribution >= 0.6 is 11.3 Å². The van der Waals surface area contributed by atoms with E-state index < -0.39 is 10.0 Å². The molecule has 0 bridgehead atoms. The van der Waals surface area contributed by atoms with Crippen LogP contribution in [0.25, 0.3) is 10.4 Å². The van der Waals surface area contributed by atoms with E-state index in [2.05, 4.69) is 22.3 Å². The fourth-order valence-electron chi connectivity index (χ4n) is 4.94. The molecule has 1 aromatic heterocycles. The van der Waals surface area contributed by atoms with Gasteiger partial charge in [0.25, 0.3) is 0 Å². The minimum Gasteiger partial charge on any atom is -0.495 e. The summed E-state index contributed by atoms with van der Waals surface area (Å²) in [6.07, 6.45) is 8.30. The van der Waals surface area contributed by atoms with Crippen molar-refractivity contribution in [2.45, 2.75) is 75.8 Å². The Kier molecular flexibility index (Phi) is 7.94. The molecule has 3 N–H and O–H groups in total. The minimum absolute atomic E-state index is 0.112. The fourth-order valence-corrected chi connectivity index (χ4v) is 7.46. The third kappa shape index (κ3) is 5.88. The summed E-state index contributed by atoms with van der Waals surface area (Å²) in [7, 11) is -2.22. The zero-order valence-electron chi connectivity index (χ0n) is 19.8. The second kappa shape index (κ2) is 10.7. The van der Waals surface area contributed by atoms with Gasteiger partial charge in [0.1, 0.15) is 10.6 Å². The lowest BCUT2D eigenvalue weighted by atomic mass is 9.85. The molecule has 0 spiro atoms. The molecule has 1 aliphatic carbocycles. The third-order valence-electron chi connectivity index (χ3n) is 6.84. The van der Waals surface area contributed by atoms with Crippen LogP contribution in [0.2, 0.25) is 0 Å². The molecule has 33 heavy (non-hydrogen) atoms. The predicted molar refractivity (Wildman–Crippen MR) is 135 cm³/mol. The highest BCUT2D eigenvalue weighted by Crippen LogP contribution is 2.37. The van der Waals surface area contributed by atoms with Gasteiger partial charge in [0.05, 0.1) is 17.7 Å². The first-order chi connectivity index (χ1) is 15.9. The van der Waals surface area contributed by atoms with Gasteiger partial charge in [-0.2, -0.15) is 0 Å². The van der Waals surface area contributed by atoms with Crippen molar-refractivity contribution in [2.24, 2.45) is 5.92 Å². The predicted octanol–water partition coefficient (Wildman–Crippen LogP) is 4.54. The molecule has 1 saturated heterocycles. The van der Waals surface area contributed by atoms with E-state index in [1.807, 2.05) is 13.0 Å². The Labute approximate surface area is 201 Å². The largest absolute Gasteiger partial charge is 0.495 e. The molecule has 9 heteroatoms. The maximum atomic E-state index is 13.2. The number of rotatable bonds is 8. The van der Waals surface area contributed by atoms with Crippen molar-refractivity contribution >= 4 is 26.5 Å². The Morgan fingerprint density at radius 3 is 2.67 bits per heavy atom. The molecule has 2 fully saturated rings. The van der Waals surface area contributed by atoms with Crippen LogP contribution in [0, 0.1) is 12.8 Å². The van der Waals surface area contributed by atoms with Gasteiger partial charge in [-0.15, -0.1) is 0 Å². The summed E-state index contributed by atoms with van der Waals surface area (Å²) in [6.45, 7) is 5.80. The number of methoxy groups -OCH3 is 1. The van der Waals surface area contributed by atoms with Crippen LogP contribution in [0.15, 0.2) is 23.1 Å². The maximum absolute atomic E-state index is 13.2. The Hall–Kier alpha value is -1.68. The van der Waals surface area contributed by atoms with Crippen molar-refractivity contribution in [2.75, 3.05) is 25.5 Å². The van der Waals surface area contributed by atoms with Crippen LogP contribution in [0.4, 0.5) is 5.13 Å². The van der Waals surface area contributed by atoms with E-state index in [4.69, 9.17) is 9.72 Å². The Morgan fingerprint density at radius 2 is 1.97 bits per heavy atom. The lowest BCUT2D eigenvalue weighted by Crippen LogP contribution is -2.45. The molecule has 0 amide bonds. The Balaban J connectivity index is 1.56. The molecule has 7 nitrogen and oxygen atoms in total. The van der Waals surface area contributed by atoms with Gasteiger partial charge in [-0.25, -0.2) is 18.1 Å². The lowest BCUT2D eigenvalue weighted by molar-refractivity contribution is 0.328. The number of aromatic nitrogens is 1. The van der Waals surface area contributed by atoms with Crippen LogP contribution in [0.3, 0.4) is 0 Å². The third-order valence-corrected chi connectivity index (χ3v) is 9.52. The summed E-state index contributed by atoms with van der Waals surface area (Å²) in [5.74, 6) is 1.03. The average molecular weight is 493 g/mol. The number of nitrogens with one attached hydrogen (secondary N) is 3. The number of sulfonamides is 1. The second-order valence-electron chi connectivity index (χ2n) is 9.29. The summed E-state index contributed by atoms with van der Waals surface area (Å²) < 4.78 is 34.7. The quantitative estimate of drug-likeness (QED) is 0.501. The van der Waals surface area contributed by atoms with Gasteiger partial charge in [0.15, 0.2) is 5.13 Å². The summed E-state index contributed by atoms with van der Waals surface area (Å²) >= 11 is 1.59. The van der Waals surface area contributed by atoms with Crippen molar-refractivity contribution in [3.8, 4) is 16.2 Å². The van der Waals surface area contributed by atoms with Gasteiger partial charge >= 0.3 is 0 Å². The van der Waals surface area contributed by atoms with Gasteiger partial charge < -0.3 is 15.4 Å². The molecule has 2 heterocycles. The fraction of sp³-hybridized carbons (Fsp3) is 0.625. The molecule has 1 saturated carbocycles.